The van der Waals surface area contributed by atoms with Gasteiger partial charge in [0.15, 0.2) is 0 Å². The molecule has 6 heteroatoms. The molecule has 1 aliphatic carbocycles. The van der Waals surface area contributed by atoms with Gasteiger partial charge in [-0.3, -0.25) is 4.79 Å². The molecule has 3 atom stereocenters. The van der Waals surface area contributed by atoms with Crippen molar-refractivity contribution in [3.05, 3.63) is 35.4 Å². The molecule has 1 aromatic carbocycles. The van der Waals surface area contributed by atoms with E-state index < -0.39 is 17.7 Å². The second-order valence-electron chi connectivity index (χ2n) is 4.38. The van der Waals surface area contributed by atoms with E-state index in [0.29, 0.717) is 6.42 Å². The predicted molar refractivity (Wildman–Crippen MR) is 66.5 cm³/mol. The van der Waals surface area contributed by atoms with Gasteiger partial charge in [-0.2, -0.15) is 0 Å². The number of hydrogen-bond donors (Lipinski definition) is 2. The van der Waals surface area contributed by atoms with E-state index in [4.69, 9.17) is 5.73 Å². The number of nitrogens with two attached hydrogens (primary N) is 1. The molecular formula is C12H15ClF2N2O. The van der Waals surface area contributed by atoms with Crippen molar-refractivity contribution < 1.29 is 13.6 Å². The van der Waals surface area contributed by atoms with Crippen LogP contribution in [0, 0.1) is 11.6 Å². The van der Waals surface area contributed by atoms with E-state index in [1.165, 1.54) is 18.2 Å². The number of carbonyl (C=O) groups is 1. The Hall–Kier alpha value is -1.20. The fraction of sp³-hybridized carbons (Fsp3) is 0.417. The Morgan fingerprint density at radius 2 is 2.00 bits per heavy atom. The van der Waals surface area contributed by atoms with Gasteiger partial charge < -0.3 is 11.1 Å². The fourth-order valence-electron chi connectivity index (χ4n) is 1.85. The van der Waals surface area contributed by atoms with Crippen LogP contribution in [0.5, 0.6) is 0 Å². The third-order valence-corrected chi connectivity index (χ3v) is 2.90. The Morgan fingerprint density at radius 1 is 1.44 bits per heavy atom. The highest BCUT2D eigenvalue weighted by molar-refractivity contribution is 5.85. The van der Waals surface area contributed by atoms with E-state index in [0.717, 1.165) is 0 Å². The van der Waals surface area contributed by atoms with Crippen LogP contribution in [0.2, 0.25) is 0 Å². The van der Waals surface area contributed by atoms with Crippen LogP contribution in [0.3, 0.4) is 0 Å². The minimum Gasteiger partial charge on any atom is -0.351 e. The summed E-state index contributed by atoms with van der Waals surface area (Å²) < 4.78 is 26.9. The van der Waals surface area contributed by atoms with Crippen molar-refractivity contribution in [2.75, 3.05) is 0 Å². The molecule has 2 rings (SSSR count). The summed E-state index contributed by atoms with van der Waals surface area (Å²) in [6.07, 6.45) is 0.552. The minimum absolute atomic E-state index is 0. The molecule has 1 amide bonds. The summed E-state index contributed by atoms with van der Waals surface area (Å²) in [5, 5.41) is 2.66. The van der Waals surface area contributed by atoms with Gasteiger partial charge in [-0.05, 0) is 25.5 Å². The molecule has 1 fully saturated rings. The topological polar surface area (TPSA) is 55.1 Å². The van der Waals surface area contributed by atoms with Gasteiger partial charge in [0.2, 0.25) is 5.91 Å². The zero-order valence-electron chi connectivity index (χ0n) is 9.82. The highest BCUT2D eigenvalue weighted by atomic mass is 35.5. The number of carbonyl (C=O) groups excluding carboxylic acids is 1. The van der Waals surface area contributed by atoms with Crippen LogP contribution in [0.4, 0.5) is 8.78 Å². The predicted octanol–water partition coefficient (Wildman–Crippen LogP) is 1.71. The molecule has 18 heavy (non-hydrogen) atoms. The normalized spacial score (nSPS) is 22.9. The summed E-state index contributed by atoms with van der Waals surface area (Å²) in [5.74, 6) is -1.70. The summed E-state index contributed by atoms with van der Waals surface area (Å²) >= 11 is 0. The average Bonchev–Trinajstić information content (AvgIpc) is 2.96. The number of benzene rings is 1. The molecule has 0 spiro atoms. The van der Waals surface area contributed by atoms with Crippen molar-refractivity contribution in [3.63, 3.8) is 0 Å². The standard InChI is InChI=1S/C12H14F2N2O.ClH/c1-6(15)12(17)16-10-5-7(10)11-8(13)3-2-4-9(11)14;/h2-4,6-7,10H,5,15H2,1H3,(H,16,17);1H/t6-,7?,10?;/m1./s1. The highest BCUT2D eigenvalue weighted by Gasteiger charge is 2.42. The van der Waals surface area contributed by atoms with Gasteiger partial charge in [-0.25, -0.2) is 8.78 Å². The van der Waals surface area contributed by atoms with Crippen LogP contribution in [-0.4, -0.2) is 18.0 Å². The van der Waals surface area contributed by atoms with Gasteiger partial charge in [0.25, 0.3) is 0 Å². The van der Waals surface area contributed by atoms with Gasteiger partial charge in [-0.1, -0.05) is 6.07 Å². The second kappa shape index (κ2) is 5.63. The van der Waals surface area contributed by atoms with Crippen molar-refractivity contribution in [2.24, 2.45) is 5.73 Å². The van der Waals surface area contributed by atoms with Gasteiger partial charge in [0.1, 0.15) is 11.6 Å². The molecule has 0 bridgehead atoms. The molecule has 3 N–H and O–H groups in total. The summed E-state index contributed by atoms with van der Waals surface area (Å²) in [6.45, 7) is 1.57. The Balaban J connectivity index is 0.00000162. The molecule has 0 aliphatic heterocycles. The number of halogens is 3. The molecule has 1 aliphatic rings. The summed E-state index contributed by atoms with van der Waals surface area (Å²) in [5.41, 5.74) is 5.45. The molecule has 3 nitrogen and oxygen atoms in total. The molecule has 0 aromatic heterocycles. The molecule has 0 heterocycles. The van der Waals surface area contributed by atoms with Crippen molar-refractivity contribution in [1.29, 1.82) is 0 Å². The van der Waals surface area contributed by atoms with Crippen LogP contribution in [-0.2, 0) is 4.79 Å². The Kier molecular flexibility index (Phi) is 4.65. The molecule has 2 unspecified atom stereocenters. The average molecular weight is 277 g/mol. The van der Waals surface area contributed by atoms with Crippen molar-refractivity contribution in [1.82, 2.24) is 5.32 Å². The van der Waals surface area contributed by atoms with E-state index >= 15 is 0 Å². The lowest BCUT2D eigenvalue weighted by atomic mass is 10.1. The fourth-order valence-corrected chi connectivity index (χ4v) is 1.85. The maximum atomic E-state index is 13.4. The number of amides is 1. The molecule has 1 saturated carbocycles. The van der Waals surface area contributed by atoms with Crippen LogP contribution in [0.15, 0.2) is 18.2 Å². The molecule has 0 saturated heterocycles. The van der Waals surface area contributed by atoms with Crippen molar-refractivity contribution >= 4 is 18.3 Å². The number of rotatable bonds is 3. The maximum Gasteiger partial charge on any atom is 0.236 e. The second-order valence-corrected chi connectivity index (χ2v) is 4.38. The maximum absolute atomic E-state index is 13.4. The Labute approximate surface area is 110 Å². The van der Waals surface area contributed by atoms with Crippen molar-refractivity contribution in [2.45, 2.75) is 31.3 Å². The van der Waals surface area contributed by atoms with Crippen molar-refractivity contribution in [3.8, 4) is 0 Å². The molecule has 1 aromatic rings. The van der Waals surface area contributed by atoms with E-state index in [1.54, 1.807) is 6.92 Å². The number of nitrogens with one attached hydrogen (secondary N) is 1. The first kappa shape index (κ1) is 14.9. The van der Waals surface area contributed by atoms with Crippen LogP contribution < -0.4 is 11.1 Å². The Bertz CT molecular complexity index is 433. The third-order valence-electron chi connectivity index (χ3n) is 2.90. The summed E-state index contributed by atoms with van der Waals surface area (Å²) in [6, 6.07) is 2.95. The van der Waals surface area contributed by atoms with Crippen LogP contribution >= 0.6 is 12.4 Å². The Morgan fingerprint density at radius 3 is 2.50 bits per heavy atom. The van der Waals surface area contributed by atoms with Crippen LogP contribution in [0.25, 0.3) is 0 Å². The zero-order valence-corrected chi connectivity index (χ0v) is 10.6. The van der Waals surface area contributed by atoms with Crippen LogP contribution in [0.1, 0.15) is 24.8 Å². The lowest BCUT2D eigenvalue weighted by molar-refractivity contribution is -0.122. The SMILES string of the molecule is C[C@@H](N)C(=O)NC1CC1c1c(F)cccc1F.Cl. The monoisotopic (exact) mass is 276 g/mol. The lowest BCUT2D eigenvalue weighted by Crippen LogP contribution is -2.39. The third kappa shape index (κ3) is 2.97. The largest absolute Gasteiger partial charge is 0.351 e. The van der Waals surface area contributed by atoms with Gasteiger partial charge in [-0.15, -0.1) is 12.4 Å². The van der Waals surface area contributed by atoms with Gasteiger partial charge >= 0.3 is 0 Å². The molecular weight excluding hydrogens is 262 g/mol. The molecule has 100 valence electrons. The quantitative estimate of drug-likeness (QED) is 0.883. The minimum atomic E-state index is -0.610. The zero-order chi connectivity index (χ0) is 12.6. The van der Waals surface area contributed by atoms with E-state index in [-0.39, 0.29) is 35.8 Å². The first-order valence-electron chi connectivity index (χ1n) is 5.50. The summed E-state index contributed by atoms with van der Waals surface area (Å²) in [4.78, 5) is 11.3. The van der Waals surface area contributed by atoms with E-state index in [1.807, 2.05) is 0 Å². The van der Waals surface area contributed by atoms with Gasteiger partial charge in [0.05, 0.1) is 6.04 Å². The lowest BCUT2D eigenvalue weighted by Gasteiger charge is -2.08. The van der Waals surface area contributed by atoms with Gasteiger partial charge in [0, 0.05) is 17.5 Å². The molecule has 0 radical (unpaired) electrons. The first-order chi connectivity index (χ1) is 8.00. The van der Waals surface area contributed by atoms with E-state index in [9.17, 15) is 13.6 Å². The number of hydrogen-bond acceptors (Lipinski definition) is 2. The smallest absolute Gasteiger partial charge is 0.236 e. The first-order valence-corrected chi connectivity index (χ1v) is 5.50. The summed E-state index contributed by atoms with van der Waals surface area (Å²) in [7, 11) is 0. The highest BCUT2D eigenvalue weighted by Crippen LogP contribution is 2.43. The van der Waals surface area contributed by atoms with E-state index in [2.05, 4.69) is 5.32 Å².